The molecule has 1 aromatic rings. The molecule has 0 amide bonds. The van der Waals surface area contributed by atoms with Crippen molar-refractivity contribution in [2.45, 2.75) is 45.6 Å². The Morgan fingerprint density at radius 1 is 1.52 bits per heavy atom. The van der Waals surface area contributed by atoms with E-state index in [4.69, 9.17) is 4.52 Å². The number of nitrogens with zero attached hydrogens (tertiary/aromatic N) is 2. The minimum atomic E-state index is -0.385. The zero-order valence-electron chi connectivity index (χ0n) is 12.9. The smallest absolute Gasteiger partial charge is 0.290 e. The molecule has 0 saturated carbocycles. The topological polar surface area (TPSA) is 67.5 Å². The van der Waals surface area contributed by atoms with Gasteiger partial charge in [-0.3, -0.25) is 14.5 Å². The van der Waals surface area contributed by atoms with E-state index in [1.54, 1.807) is 6.92 Å². The van der Waals surface area contributed by atoms with Crippen LogP contribution in [0.1, 0.15) is 43.2 Å². The van der Waals surface area contributed by atoms with Crippen LogP contribution in [0, 0.1) is 6.92 Å². The maximum absolute atomic E-state index is 12.2. The molecule has 2 rings (SSSR count). The molecule has 1 N–H and O–H groups in total. The Hall–Kier alpha value is -1.40. The minimum absolute atomic E-state index is 0.221. The summed E-state index contributed by atoms with van der Waals surface area (Å²) >= 11 is 0. The summed E-state index contributed by atoms with van der Waals surface area (Å²) in [4.78, 5) is 25.9. The standard InChI is InChI=1S/C15H25N3O3/c1-3-8-17(10-13-6-4-5-7-16-13)11-15(20)18-14(19)9-12(2)21-18/h9,13,16H,3-8,10-11H2,1-2H3. The highest BCUT2D eigenvalue weighted by Gasteiger charge is 2.20. The first-order valence-corrected chi connectivity index (χ1v) is 7.79. The van der Waals surface area contributed by atoms with Gasteiger partial charge in [0.15, 0.2) is 0 Å². The number of piperidine rings is 1. The highest BCUT2D eigenvalue weighted by molar-refractivity contribution is 5.79. The zero-order valence-corrected chi connectivity index (χ0v) is 12.9. The Morgan fingerprint density at radius 2 is 2.33 bits per heavy atom. The lowest BCUT2D eigenvalue weighted by atomic mass is 10.0. The third-order valence-electron chi connectivity index (χ3n) is 3.78. The van der Waals surface area contributed by atoms with Gasteiger partial charge in [0.2, 0.25) is 0 Å². The SMILES string of the molecule is CCCN(CC(=O)n1oc(C)cc1=O)CC1CCCCN1. The van der Waals surface area contributed by atoms with Crippen molar-refractivity contribution in [3.05, 3.63) is 22.2 Å². The van der Waals surface area contributed by atoms with Gasteiger partial charge in [0.25, 0.3) is 11.5 Å². The molecule has 1 aliphatic heterocycles. The van der Waals surface area contributed by atoms with Crippen molar-refractivity contribution >= 4 is 5.91 Å². The number of rotatable bonds is 6. The van der Waals surface area contributed by atoms with E-state index in [0.29, 0.717) is 11.8 Å². The van der Waals surface area contributed by atoms with Crippen LogP contribution >= 0.6 is 0 Å². The van der Waals surface area contributed by atoms with Gasteiger partial charge >= 0.3 is 0 Å². The second-order valence-corrected chi connectivity index (χ2v) is 5.75. The summed E-state index contributed by atoms with van der Waals surface area (Å²) in [6, 6.07) is 1.78. The first-order valence-electron chi connectivity index (χ1n) is 7.79. The van der Waals surface area contributed by atoms with Crippen LogP contribution in [0.15, 0.2) is 15.4 Å². The second kappa shape index (κ2) is 7.56. The summed E-state index contributed by atoms with van der Waals surface area (Å²) in [6.07, 6.45) is 4.59. The predicted molar refractivity (Wildman–Crippen MR) is 80.7 cm³/mol. The molecule has 1 atom stereocenters. The van der Waals surface area contributed by atoms with Gasteiger partial charge in [0, 0.05) is 18.7 Å². The number of aromatic nitrogens is 1. The van der Waals surface area contributed by atoms with Crippen molar-refractivity contribution in [2.75, 3.05) is 26.2 Å². The van der Waals surface area contributed by atoms with Crippen molar-refractivity contribution in [3.63, 3.8) is 0 Å². The number of hydrogen-bond donors (Lipinski definition) is 1. The molecule has 2 heterocycles. The van der Waals surface area contributed by atoms with Crippen LogP contribution < -0.4 is 10.9 Å². The van der Waals surface area contributed by atoms with Crippen molar-refractivity contribution in [2.24, 2.45) is 0 Å². The first kappa shape index (κ1) is 16.0. The van der Waals surface area contributed by atoms with Crippen LogP contribution in [0.25, 0.3) is 0 Å². The lowest BCUT2D eigenvalue weighted by molar-refractivity contribution is 0.0704. The van der Waals surface area contributed by atoms with Gasteiger partial charge in [0.05, 0.1) is 6.54 Å². The fraction of sp³-hybridized carbons (Fsp3) is 0.733. The maximum Gasteiger partial charge on any atom is 0.290 e. The summed E-state index contributed by atoms with van der Waals surface area (Å²) in [7, 11) is 0. The van der Waals surface area contributed by atoms with Crippen LogP contribution in [-0.4, -0.2) is 47.8 Å². The molecule has 0 radical (unpaired) electrons. The third-order valence-corrected chi connectivity index (χ3v) is 3.78. The first-order chi connectivity index (χ1) is 10.1. The van der Waals surface area contributed by atoms with Gasteiger partial charge in [0.1, 0.15) is 5.76 Å². The quantitative estimate of drug-likeness (QED) is 0.855. The molecule has 0 aliphatic carbocycles. The van der Waals surface area contributed by atoms with Crippen molar-refractivity contribution in [1.82, 2.24) is 15.0 Å². The molecule has 1 saturated heterocycles. The van der Waals surface area contributed by atoms with Gasteiger partial charge in [-0.1, -0.05) is 13.3 Å². The number of nitrogens with one attached hydrogen (secondary N) is 1. The Morgan fingerprint density at radius 3 is 2.90 bits per heavy atom. The van der Waals surface area contributed by atoms with Gasteiger partial charge in [-0.15, -0.1) is 4.74 Å². The van der Waals surface area contributed by atoms with Crippen molar-refractivity contribution in [1.29, 1.82) is 0 Å². The van der Waals surface area contributed by atoms with Crippen LogP contribution in [0.2, 0.25) is 0 Å². The van der Waals surface area contributed by atoms with E-state index in [1.165, 1.54) is 18.9 Å². The Balaban J connectivity index is 1.96. The van der Waals surface area contributed by atoms with Gasteiger partial charge in [-0.25, -0.2) is 0 Å². The van der Waals surface area contributed by atoms with E-state index >= 15 is 0 Å². The number of hydrogen-bond acceptors (Lipinski definition) is 5. The van der Waals surface area contributed by atoms with E-state index in [2.05, 4.69) is 17.1 Å². The molecule has 0 spiro atoms. The van der Waals surface area contributed by atoms with E-state index in [1.807, 2.05) is 0 Å². The highest BCUT2D eigenvalue weighted by Crippen LogP contribution is 2.09. The summed E-state index contributed by atoms with van der Waals surface area (Å²) in [5.41, 5.74) is -0.385. The molecular formula is C15H25N3O3. The summed E-state index contributed by atoms with van der Waals surface area (Å²) < 4.78 is 6.02. The van der Waals surface area contributed by atoms with Crippen LogP contribution in [-0.2, 0) is 0 Å². The predicted octanol–water partition coefficient (Wildman–Crippen LogP) is 1.24. The van der Waals surface area contributed by atoms with E-state index in [9.17, 15) is 9.59 Å². The van der Waals surface area contributed by atoms with Crippen LogP contribution in [0.4, 0.5) is 0 Å². The molecule has 118 valence electrons. The molecule has 1 fully saturated rings. The van der Waals surface area contributed by atoms with Crippen molar-refractivity contribution < 1.29 is 9.32 Å². The largest absolute Gasteiger partial charge is 0.373 e. The molecule has 1 unspecified atom stereocenters. The van der Waals surface area contributed by atoms with E-state index in [-0.39, 0.29) is 18.0 Å². The fourth-order valence-electron chi connectivity index (χ4n) is 2.82. The summed E-state index contributed by atoms with van der Waals surface area (Å²) in [6.45, 7) is 6.72. The number of aryl methyl sites for hydroxylation is 1. The highest BCUT2D eigenvalue weighted by atomic mass is 16.5. The molecular weight excluding hydrogens is 270 g/mol. The molecule has 1 aliphatic rings. The molecule has 6 heteroatoms. The lowest BCUT2D eigenvalue weighted by Crippen LogP contribution is -2.46. The monoisotopic (exact) mass is 295 g/mol. The normalized spacial score (nSPS) is 19.1. The average Bonchev–Trinajstić information content (AvgIpc) is 2.79. The van der Waals surface area contributed by atoms with Gasteiger partial charge < -0.3 is 9.84 Å². The lowest BCUT2D eigenvalue weighted by Gasteiger charge is -2.29. The molecule has 0 bridgehead atoms. The second-order valence-electron chi connectivity index (χ2n) is 5.75. The van der Waals surface area contributed by atoms with Crippen LogP contribution in [0.3, 0.4) is 0 Å². The zero-order chi connectivity index (χ0) is 15.2. The average molecular weight is 295 g/mol. The summed E-state index contributed by atoms with van der Waals surface area (Å²) in [5, 5.41) is 3.49. The number of carbonyl (C=O) groups is 1. The van der Waals surface area contributed by atoms with E-state index < -0.39 is 0 Å². The molecule has 6 nitrogen and oxygen atoms in total. The van der Waals surface area contributed by atoms with Gasteiger partial charge in [-0.2, -0.15) is 0 Å². The van der Waals surface area contributed by atoms with E-state index in [0.717, 1.165) is 37.2 Å². The van der Waals surface area contributed by atoms with Crippen LogP contribution in [0.5, 0.6) is 0 Å². The van der Waals surface area contributed by atoms with Crippen molar-refractivity contribution in [3.8, 4) is 0 Å². The molecule has 1 aromatic heterocycles. The maximum atomic E-state index is 12.2. The molecule has 0 aromatic carbocycles. The Kier molecular flexibility index (Phi) is 5.76. The Bertz CT molecular complexity index is 514. The fourth-order valence-corrected chi connectivity index (χ4v) is 2.82. The summed E-state index contributed by atoms with van der Waals surface area (Å²) in [5.74, 6) is 0.168. The number of carbonyl (C=O) groups excluding carboxylic acids is 1. The third kappa shape index (κ3) is 4.54. The molecule has 21 heavy (non-hydrogen) atoms. The minimum Gasteiger partial charge on any atom is -0.373 e. The Labute approximate surface area is 125 Å². The van der Waals surface area contributed by atoms with Gasteiger partial charge in [-0.05, 0) is 39.3 Å².